The third-order valence-corrected chi connectivity index (χ3v) is 8.07. The van der Waals surface area contributed by atoms with Gasteiger partial charge in [0.2, 0.25) is 0 Å². The molecule has 2 aromatic carbocycles. The first kappa shape index (κ1) is 28.1. The van der Waals surface area contributed by atoms with Crippen molar-refractivity contribution >= 4 is 22.6 Å². The first-order chi connectivity index (χ1) is 20.3. The number of benzene rings is 2. The van der Waals surface area contributed by atoms with Crippen molar-refractivity contribution in [2.75, 3.05) is 31.1 Å². The van der Waals surface area contributed by atoms with Crippen LogP contribution in [0.15, 0.2) is 77.5 Å². The molecule has 10 heteroatoms. The Hall–Kier alpha value is -4.05. The average Bonchev–Trinajstić information content (AvgIpc) is 3.43. The van der Waals surface area contributed by atoms with Gasteiger partial charge in [-0.3, -0.25) is 14.7 Å². The molecule has 2 aromatic heterocycles. The van der Waals surface area contributed by atoms with E-state index < -0.39 is 11.7 Å². The minimum absolute atomic E-state index is 0.0186. The number of pyridine rings is 1. The Morgan fingerprint density at radius 2 is 1.74 bits per heavy atom. The number of hydrogen-bond donors (Lipinski definition) is 1. The van der Waals surface area contributed by atoms with Crippen LogP contribution in [0, 0.1) is 0 Å². The van der Waals surface area contributed by atoms with Crippen LogP contribution in [-0.4, -0.2) is 54.1 Å². The van der Waals surface area contributed by atoms with Crippen molar-refractivity contribution in [2.24, 2.45) is 0 Å². The third-order valence-electron chi connectivity index (χ3n) is 8.07. The molecule has 7 nitrogen and oxygen atoms in total. The predicted molar refractivity (Wildman–Crippen MR) is 154 cm³/mol. The molecule has 2 aliphatic rings. The quantitative estimate of drug-likeness (QED) is 0.278. The number of anilines is 1. The molecule has 6 rings (SSSR count). The molecule has 0 unspecified atom stereocenters. The molecule has 42 heavy (non-hydrogen) atoms. The normalized spacial score (nSPS) is 17.5. The van der Waals surface area contributed by atoms with E-state index in [4.69, 9.17) is 9.15 Å². The molecular weight excluding hydrogens is 545 g/mol. The van der Waals surface area contributed by atoms with E-state index in [2.05, 4.69) is 26.2 Å². The fourth-order valence-electron chi connectivity index (χ4n) is 5.72. The molecule has 2 aliphatic heterocycles. The van der Waals surface area contributed by atoms with Crippen LogP contribution in [0.1, 0.15) is 47.4 Å². The number of nitrogens with one attached hydrogen (secondary N) is 1. The summed E-state index contributed by atoms with van der Waals surface area (Å²) in [6.45, 7) is 4.05. The van der Waals surface area contributed by atoms with E-state index in [9.17, 15) is 18.0 Å². The summed E-state index contributed by atoms with van der Waals surface area (Å²) in [5.74, 6) is 0.734. The molecule has 4 heterocycles. The topological polar surface area (TPSA) is 70.8 Å². The van der Waals surface area contributed by atoms with Crippen molar-refractivity contribution in [2.45, 2.75) is 50.6 Å². The lowest BCUT2D eigenvalue weighted by Crippen LogP contribution is -2.44. The zero-order chi connectivity index (χ0) is 29.1. The number of halogens is 3. The number of carbonyl (C=O) groups excluding carboxylic acids is 1. The Labute approximate surface area is 242 Å². The van der Waals surface area contributed by atoms with E-state index in [0.717, 1.165) is 68.5 Å². The average molecular weight is 579 g/mol. The van der Waals surface area contributed by atoms with Crippen molar-refractivity contribution in [1.82, 2.24) is 15.2 Å². The zero-order valence-corrected chi connectivity index (χ0v) is 23.1. The molecule has 0 radical (unpaired) electrons. The molecule has 1 amide bonds. The van der Waals surface area contributed by atoms with Gasteiger partial charge in [0.15, 0.2) is 5.76 Å². The SMILES string of the molecule is O=C(NC1CCN(Cc2cccnc2)CC1)c1cc2ccc(OC3CCN(c4ccc(C(F)(F)F)cc4)CC3)cc2o1. The van der Waals surface area contributed by atoms with E-state index in [1.165, 1.54) is 17.7 Å². The van der Waals surface area contributed by atoms with Crippen molar-refractivity contribution in [3.05, 3.63) is 89.9 Å². The van der Waals surface area contributed by atoms with Gasteiger partial charge >= 0.3 is 6.18 Å². The molecule has 0 atom stereocenters. The van der Waals surface area contributed by atoms with Gasteiger partial charge in [0.25, 0.3) is 5.91 Å². The van der Waals surface area contributed by atoms with Crippen LogP contribution < -0.4 is 15.0 Å². The van der Waals surface area contributed by atoms with Gasteiger partial charge in [0.1, 0.15) is 17.4 Å². The molecule has 0 bridgehead atoms. The van der Waals surface area contributed by atoms with Gasteiger partial charge in [0, 0.05) is 81.1 Å². The largest absolute Gasteiger partial charge is 0.490 e. The van der Waals surface area contributed by atoms with Gasteiger partial charge in [-0.15, -0.1) is 0 Å². The van der Waals surface area contributed by atoms with Crippen LogP contribution in [0.4, 0.5) is 18.9 Å². The summed E-state index contributed by atoms with van der Waals surface area (Å²) in [4.78, 5) is 21.6. The Balaban J connectivity index is 0.989. The number of carbonyl (C=O) groups is 1. The maximum Gasteiger partial charge on any atom is 0.416 e. The maximum absolute atomic E-state index is 13.0. The van der Waals surface area contributed by atoms with E-state index >= 15 is 0 Å². The zero-order valence-electron chi connectivity index (χ0n) is 23.1. The second-order valence-corrected chi connectivity index (χ2v) is 11.0. The van der Waals surface area contributed by atoms with Gasteiger partial charge in [0.05, 0.1) is 5.56 Å². The summed E-state index contributed by atoms with van der Waals surface area (Å²) in [5.41, 5.74) is 1.91. The molecular formula is C32H33F3N4O3. The lowest BCUT2D eigenvalue weighted by Gasteiger charge is -2.33. The minimum Gasteiger partial charge on any atom is -0.490 e. The summed E-state index contributed by atoms with van der Waals surface area (Å²) in [6, 6.07) is 16.8. The molecule has 2 saturated heterocycles. The molecule has 220 valence electrons. The van der Waals surface area contributed by atoms with Crippen LogP contribution in [0.25, 0.3) is 11.0 Å². The van der Waals surface area contributed by atoms with E-state index in [1.54, 1.807) is 12.3 Å². The molecule has 0 saturated carbocycles. The second kappa shape index (κ2) is 12.1. The highest BCUT2D eigenvalue weighted by Crippen LogP contribution is 2.32. The number of ether oxygens (including phenoxy) is 1. The second-order valence-electron chi connectivity index (χ2n) is 11.0. The lowest BCUT2D eigenvalue weighted by molar-refractivity contribution is -0.137. The number of hydrogen-bond acceptors (Lipinski definition) is 6. The van der Waals surface area contributed by atoms with Crippen molar-refractivity contribution < 1.29 is 27.1 Å². The lowest BCUT2D eigenvalue weighted by atomic mass is 10.0. The van der Waals surface area contributed by atoms with Gasteiger partial charge in [-0.2, -0.15) is 13.2 Å². The van der Waals surface area contributed by atoms with Crippen LogP contribution in [0.5, 0.6) is 5.75 Å². The molecule has 0 spiro atoms. The Morgan fingerprint density at radius 1 is 0.976 bits per heavy atom. The number of nitrogens with zero attached hydrogens (tertiary/aromatic N) is 3. The van der Waals surface area contributed by atoms with Crippen molar-refractivity contribution in [3.63, 3.8) is 0 Å². The van der Waals surface area contributed by atoms with Crippen LogP contribution >= 0.6 is 0 Å². The monoisotopic (exact) mass is 578 g/mol. The summed E-state index contributed by atoms with van der Waals surface area (Å²) >= 11 is 0. The highest BCUT2D eigenvalue weighted by Gasteiger charge is 2.30. The predicted octanol–water partition coefficient (Wildman–Crippen LogP) is 6.29. The Morgan fingerprint density at radius 3 is 2.43 bits per heavy atom. The molecule has 4 aromatic rings. The summed E-state index contributed by atoms with van der Waals surface area (Å²) in [6.07, 6.45) is 2.55. The van der Waals surface area contributed by atoms with Gasteiger partial charge in [-0.1, -0.05) is 6.07 Å². The number of piperidine rings is 2. The van der Waals surface area contributed by atoms with Crippen LogP contribution in [0.3, 0.4) is 0 Å². The summed E-state index contributed by atoms with van der Waals surface area (Å²) in [5, 5.41) is 3.96. The number of likely N-dealkylation sites (tertiary alicyclic amines) is 1. The van der Waals surface area contributed by atoms with Gasteiger partial charge in [-0.05, 0) is 66.9 Å². The summed E-state index contributed by atoms with van der Waals surface area (Å²) < 4.78 is 50.7. The van der Waals surface area contributed by atoms with Crippen LogP contribution in [0.2, 0.25) is 0 Å². The van der Waals surface area contributed by atoms with E-state index in [0.29, 0.717) is 24.4 Å². The van der Waals surface area contributed by atoms with E-state index in [-0.39, 0.29) is 23.8 Å². The first-order valence-corrected chi connectivity index (χ1v) is 14.3. The highest BCUT2D eigenvalue weighted by molar-refractivity contribution is 5.96. The number of amides is 1. The fourth-order valence-corrected chi connectivity index (χ4v) is 5.72. The summed E-state index contributed by atoms with van der Waals surface area (Å²) in [7, 11) is 0. The molecule has 2 fully saturated rings. The van der Waals surface area contributed by atoms with Gasteiger partial charge < -0.3 is 19.4 Å². The number of fused-ring (bicyclic) bond motifs is 1. The van der Waals surface area contributed by atoms with Gasteiger partial charge in [-0.25, -0.2) is 0 Å². The number of aromatic nitrogens is 1. The van der Waals surface area contributed by atoms with Crippen LogP contribution in [-0.2, 0) is 12.7 Å². The maximum atomic E-state index is 13.0. The number of rotatable bonds is 7. The fraction of sp³-hybridized carbons (Fsp3) is 0.375. The number of alkyl halides is 3. The first-order valence-electron chi connectivity index (χ1n) is 14.3. The molecule has 0 aliphatic carbocycles. The third kappa shape index (κ3) is 6.70. The van der Waals surface area contributed by atoms with E-state index in [1.807, 2.05) is 30.5 Å². The number of furan rings is 1. The minimum atomic E-state index is -4.34. The molecule has 1 N–H and O–H groups in total. The Bertz CT molecular complexity index is 1490. The van der Waals surface area contributed by atoms with Crippen molar-refractivity contribution in [1.29, 1.82) is 0 Å². The highest BCUT2D eigenvalue weighted by atomic mass is 19.4. The van der Waals surface area contributed by atoms with Crippen molar-refractivity contribution in [3.8, 4) is 5.75 Å². The standard InChI is InChI=1S/C32H33F3N4O3/c33-32(34,35)24-4-6-26(7-5-24)39-16-11-27(12-17-39)41-28-8-3-23-18-30(42-29(23)19-28)31(40)37-25-9-14-38(15-10-25)21-22-2-1-13-36-20-22/h1-8,13,18-20,25,27H,9-12,14-17,21H2,(H,37,40). The Kier molecular flexibility index (Phi) is 8.06. The smallest absolute Gasteiger partial charge is 0.416 e.